The fourth-order valence-electron chi connectivity index (χ4n) is 1.48. The standard InChI is InChI=1S/C11H8Cl3N3O2S/c12-7-1-2-16-5-10(7)17-20(18,19)11-8(13)3-6(15)4-9(11)14/h1-5,17H,15H2. The van der Waals surface area contributed by atoms with Crippen LogP contribution in [-0.4, -0.2) is 13.4 Å². The second-order valence-electron chi connectivity index (χ2n) is 3.77. The number of hydrogen-bond donors (Lipinski definition) is 2. The fourth-order valence-corrected chi connectivity index (χ4v) is 3.99. The first-order valence-electron chi connectivity index (χ1n) is 5.18. The second kappa shape index (κ2) is 5.65. The van der Waals surface area contributed by atoms with Gasteiger partial charge >= 0.3 is 0 Å². The number of aromatic nitrogens is 1. The summed E-state index contributed by atoms with van der Waals surface area (Å²) in [7, 11) is -4.01. The summed E-state index contributed by atoms with van der Waals surface area (Å²) in [6.07, 6.45) is 2.71. The lowest BCUT2D eigenvalue weighted by Gasteiger charge is -2.12. The first-order chi connectivity index (χ1) is 9.31. The topological polar surface area (TPSA) is 85.1 Å². The molecule has 0 amide bonds. The van der Waals surface area contributed by atoms with Crippen LogP contribution < -0.4 is 10.5 Å². The van der Waals surface area contributed by atoms with Gasteiger partial charge in [0.15, 0.2) is 0 Å². The van der Waals surface area contributed by atoms with Gasteiger partial charge in [-0.3, -0.25) is 9.71 Å². The Morgan fingerprint density at radius 3 is 2.25 bits per heavy atom. The molecule has 2 aromatic rings. The van der Waals surface area contributed by atoms with Gasteiger partial charge in [-0.25, -0.2) is 8.42 Å². The van der Waals surface area contributed by atoms with E-state index >= 15 is 0 Å². The molecule has 0 aliphatic heterocycles. The van der Waals surface area contributed by atoms with Crippen molar-refractivity contribution >= 4 is 56.2 Å². The summed E-state index contributed by atoms with van der Waals surface area (Å²) in [6, 6.07) is 4.05. The number of halogens is 3. The van der Waals surface area contributed by atoms with Crippen LogP contribution in [0.3, 0.4) is 0 Å². The highest BCUT2D eigenvalue weighted by molar-refractivity contribution is 7.93. The zero-order chi connectivity index (χ0) is 14.9. The Morgan fingerprint density at radius 1 is 1.10 bits per heavy atom. The van der Waals surface area contributed by atoms with Gasteiger partial charge in [0.25, 0.3) is 10.0 Å². The molecule has 9 heteroatoms. The number of rotatable bonds is 3. The van der Waals surface area contributed by atoms with Gasteiger partial charge in [0.2, 0.25) is 0 Å². The molecule has 0 fully saturated rings. The molecule has 0 atom stereocenters. The molecule has 5 nitrogen and oxygen atoms in total. The molecule has 0 unspecified atom stereocenters. The van der Waals surface area contributed by atoms with E-state index in [1.807, 2.05) is 0 Å². The highest BCUT2D eigenvalue weighted by Crippen LogP contribution is 2.33. The van der Waals surface area contributed by atoms with Crippen molar-refractivity contribution in [1.29, 1.82) is 0 Å². The van der Waals surface area contributed by atoms with E-state index in [1.54, 1.807) is 0 Å². The van der Waals surface area contributed by atoms with E-state index in [2.05, 4.69) is 9.71 Å². The molecule has 0 saturated carbocycles. The molecular formula is C11H8Cl3N3O2S. The van der Waals surface area contributed by atoms with Gasteiger partial charge in [0.05, 0.1) is 27.0 Å². The SMILES string of the molecule is Nc1cc(Cl)c(S(=O)(=O)Nc2cnccc2Cl)c(Cl)c1. The van der Waals surface area contributed by atoms with E-state index in [0.717, 1.165) is 0 Å². The van der Waals surface area contributed by atoms with Crippen LogP contribution >= 0.6 is 34.8 Å². The zero-order valence-electron chi connectivity index (χ0n) is 9.77. The highest BCUT2D eigenvalue weighted by Gasteiger charge is 2.23. The van der Waals surface area contributed by atoms with E-state index < -0.39 is 10.0 Å². The number of benzene rings is 1. The van der Waals surface area contributed by atoms with Gasteiger partial charge in [0.1, 0.15) is 4.90 Å². The van der Waals surface area contributed by atoms with Gasteiger partial charge in [-0.05, 0) is 18.2 Å². The van der Waals surface area contributed by atoms with Crippen LogP contribution in [0.2, 0.25) is 15.1 Å². The number of nitrogens with zero attached hydrogens (tertiary/aromatic N) is 1. The predicted molar refractivity (Wildman–Crippen MR) is 80.9 cm³/mol. The van der Waals surface area contributed by atoms with E-state index in [4.69, 9.17) is 40.5 Å². The van der Waals surface area contributed by atoms with Gasteiger partial charge in [-0.15, -0.1) is 0 Å². The second-order valence-corrected chi connectivity index (χ2v) is 6.62. The Balaban J connectivity index is 2.50. The molecule has 0 bridgehead atoms. The lowest BCUT2D eigenvalue weighted by molar-refractivity contribution is 0.601. The van der Waals surface area contributed by atoms with E-state index in [-0.39, 0.29) is 31.3 Å². The summed E-state index contributed by atoms with van der Waals surface area (Å²) >= 11 is 17.7. The van der Waals surface area contributed by atoms with Gasteiger partial charge in [0, 0.05) is 11.9 Å². The van der Waals surface area contributed by atoms with Gasteiger partial charge in [-0.2, -0.15) is 0 Å². The lowest BCUT2D eigenvalue weighted by atomic mass is 10.3. The van der Waals surface area contributed by atoms with E-state index in [9.17, 15) is 8.42 Å². The smallest absolute Gasteiger partial charge is 0.264 e. The van der Waals surface area contributed by atoms with Crippen LogP contribution in [0.25, 0.3) is 0 Å². The van der Waals surface area contributed by atoms with Crippen LogP contribution in [0.5, 0.6) is 0 Å². The number of nitrogens with two attached hydrogens (primary N) is 1. The lowest BCUT2D eigenvalue weighted by Crippen LogP contribution is -2.14. The molecule has 0 radical (unpaired) electrons. The van der Waals surface area contributed by atoms with Crippen LogP contribution in [0.15, 0.2) is 35.5 Å². The number of pyridine rings is 1. The normalized spacial score (nSPS) is 11.3. The van der Waals surface area contributed by atoms with Crippen molar-refractivity contribution in [2.24, 2.45) is 0 Å². The number of nitrogens with one attached hydrogen (secondary N) is 1. The Hall–Kier alpha value is -1.21. The molecule has 1 heterocycles. The Bertz CT molecular complexity index is 742. The number of nitrogen functional groups attached to an aromatic ring is 1. The van der Waals surface area contributed by atoms with Gasteiger partial charge < -0.3 is 5.73 Å². The Labute approximate surface area is 130 Å². The quantitative estimate of drug-likeness (QED) is 0.829. The van der Waals surface area contributed by atoms with Crippen LogP contribution in [0, 0.1) is 0 Å². The van der Waals surface area contributed by atoms with Crippen molar-refractivity contribution in [2.45, 2.75) is 4.90 Å². The van der Waals surface area contributed by atoms with Crippen molar-refractivity contribution < 1.29 is 8.42 Å². The summed E-state index contributed by atoms with van der Waals surface area (Å²) in [4.78, 5) is 3.52. The van der Waals surface area contributed by atoms with Crippen LogP contribution in [-0.2, 0) is 10.0 Å². The van der Waals surface area contributed by atoms with Crippen molar-refractivity contribution in [3.05, 3.63) is 45.7 Å². The number of sulfonamides is 1. The maximum Gasteiger partial charge on any atom is 0.264 e. The minimum absolute atomic E-state index is 0.0810. The molecular weight excluding hydrogens is 345 g/mol. The monoisotopic (exact) mass is 351 g/mol. The molecule has 106 valence electrons. The average Bonchev–Trinajstić information content (AvgIpc) is 2.30. The Kier molecular flexibility index (Phi) is 4.29. The van der Waals surface area contributed by atoms with Crippen molar-refractivity contribution in [3.8, 4) is 0 Å². The maximum absolute atomic E-state index is 12.3. The van der Waals surface area contributed by atoms with Gasteiger partial charge in [-0.1, -0.05) is 34.8 Å². The zero-order valence-corrected chi connectivity index (χ0v) is 12.9. The van der Waals surface area contributed by atoms with Crippen molar-refractivity contribution in [3.63, 3.8) is 0 Å². The van der Waals surface area contributed by atoms with E-state index in [1.165, 1.54) is 30.6 Å². The third-order valence-corrected chi connectivity index (χ3v) is 4.92. The Morgan fingerprint density at radius 2 is 1.70 bits per heavy atom. The number of hydrogen-bond acceptors (Lipinski definition) is 4. The minimum Gasteiger partial charge on any atom is -0.399 e. The third kappa shape index (κ3) is 3.09. The molecule has 1 aromatic heterocycles. The molecule has 1 aromatic carbocycles. The van der Waals surface area contributed by atoms with Crippen molar-refractivity contribution in [2.75, 3.05) is 10.5 Å². The molecule has 20 heavy (non-hydrogen) atoms. The number of anilines is 2. The summed E-state index contributed by atoms with van der Waals surface area (Å²) < 4.78 is 26.9. The molecule has 0 saturated heterocycles. The predicted octanol–water partition coefficient (Wildman–Crippen LogP) is 3.42. The average molecular weight is 353 g/mol. The maximum atomic E-state index is 12.3. The first-order valence-corrected chi connectivity index (χ1v) is 7.80. The highest BCUT2D eigenvalue weighted by atomic mass is 35.5. The van der Waals surface area contributed by atoms with Crippen LogP contribution in [0.4, 0.5) is 11.4 Å². The molecule has 0 aliphatic rings. The molecule has 2 rings (SSSR count). The third-order valence-electron chi connectivity index (χ3n) is 2.30. The molecule has 0 aliphatic carbocycles. The first kappa shape index (κ1) is 15.2. The summed E-state index contributed by atoms with van der Waals surface area (Å²) in [6.45, 7) is 0. The van der Waals surface area contributed by atoms with Crippen LogP contribution in [0.1, 0.15) is 0 Å². The largest absolute Gasteiger partial charge is 0.399 e. The summed E-state index contributed by atoms with van der Waals surface area (Å²) in [5.74, 6) is 0. The minimum atomic E-state index is -4.01. The molecule has 3 N–H and O–H groups in total. The summed E-state index contributed by atoms with van der Waals surface area (Å²) in [5, 5.41) is 0.0382. The molecule has 0 spiro atoms. The van der Waals surface area contributed by atoms with Crippen molar-refractivity contribution in [1.82, 2.24) is 4.98 Å². The van der Waals surface area contributed by atoms with E-state index in [0.29, 0.717) is 0 Å². The summed E-state index contributed by atoms with van der Waals surface area (Å²) in [5.41, 5.74) is 5.92. The fraction of sp³-hybridized carbons (Fsp3) is 0.